The summed E-state index contributed by atoms with van der Waals surface area (Å²) in [5, 5.41) is 4.82. The molecular weight excluding hydrogens is 895 g/mol. The quantitative estimate of drug-likeness (QED) is 0.135. The highest BCUT2D eigenvalue weighted by Gasteiger charge is 2.46. The number of anilines is 6. The van der Waals surface area contributed by atoms with Gasteiger partial charge in [0.1, 0.15) is 0 Å². The second-order valence-corrected chi connectivity index (χ2v) is 19.3. The summed E-state index contributed by atoms with van der Waals surface area (Å²) >= 11 is 0. The fraction of sp³-hybridized carbons (Fsp3) is 0.0141. The Morgan fingerprint density at radius 2 is 0.784 bits per heavy atom. The molecule has 1 heterocycles. The minimum atomic E-state index is -0.561. The van der Waals surface area contributed by atoms with Crippen LogP contribution in [0.5, 0.6) is 0 Å². The van der Waals surface area contributed by atoms with Crippen LogP contribution in [0.1, 0.15) is 22.3 Å². The van der Waals surface area contributed by atoms with Crippen molar-refractivity contribution in [3.8, 4) is 27.9 Å². The van der Waals surface area contributed by atoms with E-state index in [-0.39, 0.29) is 0 Å². The van der Waals surface area contributed by atoms with E-state index in [0.717, 1.165) is 50.9 Å². The second kappa shape index (κ2) is 17.9. The molecule has 1 aliphatic carbocycles. The van der Waals surface area contributed by atoms with E-state index in [1.54, 1.807) is 0 Å². The molecule has 14 rings (SSSR count). The van der Waals surface area contributed by atoms with Gasteiger partial charge in [-0.15, -0.1) is 0 Å². The molecule has 0 N–H and O–H groups in total. The van der Waals surface area contributed by atoms with Crippen molar-refractivity contribution in [2.45, 2.75) is 5.41 Å². The predicted octanol–water partition coefficient (Wildman–Crippen LogP) is 18.9. The van der Waals surface area contributed by atoms with Crippen molar-refractivity contribution in [2.75, 3.05) is 9.80 Å². The summed E-state index contributed by atoms with van der Waals surface area (Å²) in [5.74, 6) is 0. The van der Waals surface area contributed by atoms with E-state index < -0.39 is 5.41 Å². The standard InChI is InChI=1S/C71H49N3/c1-6-24-54(25-7-1)71(55-26-8-2-9-27-55)67-36-20-18-34-63(67)64-42-41-60(49-68(64)71)73(57-30-12-4-13-31-57)62-46-53(52-39-43-70-66(47-52)65-35-19-21-37-69(65)74(70)58-32-14-5-15-33-58)45-61(48-62)72(56-28-10-3-11-29-56)59-40-38-50-22-16-17-23-51(50)44-59/h1-49H. The number of fused-ring (bicyclic) bond motifs is 7. The third-order valence-electron chi connectivity index (χ3n) is 15.2. The topological polar surface area (TPSA) is 11.4 Å². The maximum Gasteiger partial charge on any atom is 0.0714 e. The largest absolute Gasteiger partial charge is 0.310 e. The first kappa shape index (κ1) is 43.1. The van der Waals surface area contributed by atoms with Crippen molar-refractivity contribution >= 4 is 66.7 Å². The van der Waals surface area contributed by atoms with Crippen molar-refractivity contribution < 1.29 is 0 Å². The van der Waals surface area contributed by atoms with Gasteiger partial charge < -0.3 is 14.4 Å². The van der Waals surface area contributed by atoms with Gasteiger partial charge in [-0.1, -0.05) is 200 Å². The van der Waals surface area contributed by atoms with Crippen LogP contribution >= 0.6 is 0 Å². The van der Waals surface area contributed by atoms with Crippen LogP contribution in [0.3, 0.4) is 0 Å². The Balaban J connectivity index is 1.04. The molecule has 0 aliphatic heterocycles. The summed E-state index contributed by atoms with van der Waals surface area (Å²) < 4.78 is 2.39. The fourth-order valence-corrected chi connectivity index (χ4v) is 12.0. The first-order chi connectivity index (χ1) is 36.7. The molecule has 0 radical (unpaired) electrons. The molecular formula is C71H49N3. The van der Waals surface area contributed by atoms with Crippen molar-refractivity contribution in [3.63, 3.8) is 0 Å². The molecule has 12 aromatic carbocycles. The van der Waals surface area contributed by atoms with Crippen LogP contribution in [0.25, 0.3) is 60.5 Å². The zero-order valence-corrected chi connectivity index (χ0v) is 40.6. The van der Waals surface area contributed by atoms with Gasteiger partial charge in [0.15, 0.2) is 0 Å². The lowest BCUT2D eigenvalue weighted by molar-refractivity contribution is 0.768. The van der Waals surface area contributed by atoms with Gasteiger partial charge in [-0.25, -0.2) is 0 Å². The van der Waals surface area contributed by atoms with E-state index in [9.17, 15) is 0 Å². The Labute approximate surface area is 431 Å². The molecule has 0 saturated carbocycles. The first-order valence-electron chi connectivity index (χ1n) is 25.5. The maximum absolute atomic E-state index is 2.47. The van der Waals surface area contributed by atoms with Crippen molar-refractivity contribution in [3.05, 3.63) is 320 Å². The lowest BCUT2D eigenvalue weighted by Crippen LogP contribution is -2.28. The number of hydrogen-bond acceptors (Lipinski definition) is 2. The number of para-hydroxylation sites is 4. The first-order valence-corrected chi connectivity index (χ1v) is 25.5. The van der Waals surface area contributed by atoms with Crippen molar-refractivity contribution in [1.29, 1.82) is 0 Å². The van der Waals surface area contributed by atoms with Crippen LogP contribution < -0.4 is 9.80 Å². The summed E-state index contributed by atoms with van der Waals surface area (Å²) in [4.78, 5) is 4.87. The molecule has 3 nitrogen and oxygen atoms in total. The zero-order chi connectivity index (χ0) is 49.0. The monoisotopic (exact) mass is 943 g/mol. The van der Waals surface area contributed by atoms with E-state index in [0.29, 0.717) is 0 Å². The molecule has 348 valence electrons. The Hall–Kier alpha value is -9.70. The van der Waals surface area contributed by atoms with Gasteiger partial charge in [0.25, 0.3) is 0 Å². The van der Waals surface area contributed by atoms with Crippen LogP contribution in [-0.2, 0) is 5.41 Å². The fourth-order valence-electron chi connectivity index (χ4n) is 12.0. The minimum Gasteiger partial charge on any atom is -0.310 e. The number of aromatic nitrogens is 1. The predicted molar refractivity (Wildman–Crippen MR) is 310 cm³/mol. The average Bonchev–Trinajstić information content (AvgIpc) is 4.04. The van der Waals surface area contributed by atoms with Crippen molar-refractivity contribution in [1.82, 2.24) is 4.57 Å². The zero-order valence-electron chi connectivity index (χ0n) is 40.6. The Kier molecular flexibility index (Phi) is 10.4. The van der Waals surface area contributed by atoms with E-state index in [1.807, 2.05) is 0 Å². The van der Waals surface area contributed by atoms with Crippen LogP contribution in [-0.4, -0.2) is 4.57 Å². The normalized spacial score (nSPS) is 12.4. The third-order valence-corrected chi connectivity index (χ3v) is 15.2. The van der Waals surface area contributed by atoms with Gasteiger partial charge in [0, 0.05) is 50.6 Å². The highest BCUT2D eigenvalue weighted by atomic mass is 15.2. The van der Waals surface area contributed by atoms with E-state index >= 15 is 0 Å². The third kappa shape index (κ3) is 7.04. The van der Waals surface area contributed by atoms with Crippen LogP contribution in [0.2, 0.25) is 0 Å². The van der Waals surface area contributed by atoms with Gasteiger partial charge in [0.2, 0.25) is 0 Å². The SMILES string of the molecule is c1ccc(N(c2cc(-c3ccc4c(c3)c3ccccc3n4-c3ccccc3)cc(N(c3ccccc3)c3ccc4ccccc4c3)c2)c2ccc3c(c2)C(c2ccccc2)(c2ccccc2)c2ccccc2-3)cc1. The van der Waals surface area contributed by atoms with Gasteiger partial charge in [-0.2, -0.15) is 0 Å². The molecule has 13 aromatic rings. The van der Waals surface area contributed by atoms with Crippen LogP contribution in [0, 0.1) is 0 Å². The number of rotatable bonds is 10. The molecule has 0 spiro atoms. The van der Waals surface area contributed by atoms with E-state index in [2.05, 4.69) is 312 Å². The summed E-state index contributed by atoms with van der Waals surface area (Å²) in [6, 6.07) is 109. The molecule has 0 unspecified atom stereocenters. The molecule has 0 fully saturated rings. The molecule has 1 aromatic heterocycles. The second-order valence-electron chi connectivity index (χ2n) is 19.3. The Morgan fingerprint density at radius 3 is 1.46 bits per heavy atom. The van der Waals surface area contributed by atoms with E-state index in [1.165, 1.54) is 66.0 Å². The molecule has 3 heteroatoms. The smallest absolute Gasteiger partial charge is 0.0714 e. The summed E-state index contributed by atoms with van der Waals surface area (Å²) in [6.07, 6.45) is 0. The summed E-state index contributed by atoms with van der Waals surface area (Å²) in [7, 11) is 0. The Morgan fingerprint density at radius 1 is 0.270 bits per heavy atom. The number of nitrogens with zero attached hydrogens (tertiary/aromatic N) is 3. The molecule has 0 amide bonds. The van der Waals surface area contributed by atoms with Gasteiger partial charge >= 0.3 is 0 Å². The number of hydrogen-bond donors (Lipinski definition) is 0. The lowest BCUT2D eigenvalue weighted by atomic mass is 9.67. The molecule has 74 heavy (non-hydrogen) atoms. The van der Waals surface area contributed by atoms with Crippen LogP contribution in [0.15, 0.2) is 297 Å². The summed E-state index contributed by atoms with van der Waals surface area (Å²) in [6.45, 7) is 0. The van der Waals surface area contributed by atoms with Gasteiger partial charge in [0.05, 0.1) is 16.4 Å². The van der Waals surface area contributed by atoms with E-state index in [4.69, 9.17) is 0 Å². The highest BCUT2D eigenvalue weighted by Crippen LogP contribution is 2.57. The molecule has 0 bridgehead atoms. The minimum absolute atomic E-state index is 0.561. The molecule has 0 atom stereocenters. The maximum atomic E-state index is 2.47. The number of benzene rings is 12. The van der Waals surface area contributed by atoms with Crippen molar-refractivity contribution in [2.24, 2.45) is 0 Å². The molecule has 1 aliphatic rings. The van der Waals surface area contributed by atoms with Crippen LogP contribution in [0.4, 0.5) is 34.1 Å². The average molecular weight is 944 g/mol. The molecule has 0 saturated heterocycles. The summed E-state index contributed by atoms with van der Waals surface area (Å²) in [5.41, 5.74) is 19.1. The Bertz CT molecular complexity index is 4150. The lowest BCUT2D eigenvalue weighted by Gasteiger charge is -2.35. The van der Waals surface area contributed by atoms with Gasteiger partial charge in [-0.3, -0.25) is 0 Å². The van der Waals surface area contributed by atoms with Gasteiger partial charge in [-0.05, 0) is 152 Å². The highest BCUT2D eigenvalue weighted by molar-refractivity contribution is 6.10.